The maximum Gasteiger partial charge on any atom is 0.414 e. The van der Waals surface area contributed by atoms with Crippen molar-refractivity contribution in [3.63, 3.8) is 0 Å². The number of rotatable bonds is 4. The van der Waals surface area contributed by atoms with E-state index in [1.807, 2.05) is 0 Å². The molecule has 0 radical (unpaired) electrons. The average Bonchev–Trinajstić information content (AvgIpc) is 2.72. The Hall–Kier alpha value is -1.61. The molecule has 0 bridgehead atoms. The summed E-state index contributed by atoms with van der Waals surface area (Å²) in [6, 6.07) is 1.14. The third-order valence-electron chi connectivity index (χ3n) is 1.86. The van der Waals surface area contributed by atoms with Crippen molar-refractivity contribution in [2.24, 2.45) is 5.84 Å². The van der Waals surface area contributed by atoms with E-state index in [1.54, 1.807) is 5.43 Å². The molecule has 0 aromatic carbocycles. The molecule has 0 fully saturated rings. The first-order valence-electron chi connectivity index (χ1n) is 4.49. The van der Waals surface area contributed by atoms with Gasteiger partial charge in [0.05, 0.1) is 0 Å². The van der Waals surface area contributed by atoms with Crippen molar-refractivity contribution in [2.75, 3.05) is 0 Å². The number of hydrazine groups is 1. The molecule has 1 heterocycles. The van der Waals surface area contributed by atoms with Gasteiger partial charge in [0, 0.05) is 6.07 Å². The number of hydrogen-bond donors (Lipinski definition) is 2. The Morgan fingerprint density at radius 3 is 2.88 bits per heavy atom. The lowest BCUT2D eigenvalue weighted by molar-refractivity contribution is -0.218. The summed E-state index contributed by atoms with van der Waals surface area (Å²) in [5, 5.41) is 3.30. The Kier molecular flexibility index (Phi) is 4.07. The summed E-state index contributed by atoms with van der Waals surface area (Å²) < 4.78 is 45.4. The van der Waals surface area contributed by atoms with E-state index < -0.39 is 24.8 Å². The van der Waals surface area contributed by atoms with Crippen molar-refractivity contribution in [3.05, 3.63) is 17.5 Å². The second-order valence-corrected chi connectivity index (χ2v) is 3.15. The highest BCUT2D eigenvalue weighted by Crippen LogP contribution is 2.23. The van der Waals surface area contributed by atoms with E-state index in [9.17, 15) is 18.0 Å². The van der Waals surface area contributed by atoms with E-state index in [1.165, 1.54) is 0 Å². The molecule has 1 aromatic rings. The molecule has 0 spiro atoms. The quantitative estimate of drug-likeness (QED) is 0.469. The second-order valence-electron chi connectivity index (χ2n) is 3.15. The van der Waals surface area contributed by atoms with Crippen LogP contribution in [0.3, 0.4) is 0 Å². The van der Waals surface area contributed by atoms with Crippen LogP contribution in [0.1, 0.15) is 23.2 Å². The largest absolute Gasteiger partial charge is 0.414 e. The lowest BCUT2D eigenvalue weighted by atomic mass is 10.3. The van der Waals surface area contributed by atoms with Gasteiger partial charge in [-0.05, 0) is 6.92 Å². The highest BCUT2D eigenvalue weighted by Gasteiger charge is 2.37. The van der Waals surface area contributed by atoms with Crippen LogP contribution >= 0.6 is 0 Å². The molecule has 0 aliphatic rings. The Morgan fingerprint density at radius 1 is 1.71 bits per heavy atom. The number of hydrogen-bond acceptors (Lipinski definition) is 5. The number of nitrogens with two attached hydrogens (primary N) is 1. The molecular weight excluding hydrogens is 243 g/mol. The van der Waals surface area contributed by atoms with Crippen LogP contribution in [0.15, 0.2) is 10.6 Å². The van der Waals surface area contributed by atoms with Gasteiger partial charge < -0.3 is 9.26 Å². The van der Waals surface area contributed by atoms with Crippen LogP contribution in [0, 0.1) is 0 Å². The lowest BCUT2D eigenvalue weighted by Gasteiger charge is -2.14. The van der Waals surface area contributed by atoms with E-state index in [-0.39, 0.29) is 11.5 Å². The molecule has 3 N–H and O–H groups in total. The zero-order valence-corrected chi connectivity index (χ0v) is 8.75. The minimum Gasteiger partial charge on any atom is -0.361 e. The summed E-state index contributed by atoms with van der Waals surface area (Å²) >= 11 is 0. The molecular formula is C8H10F3N3O3. The SMILES string of the molecule is CC(OCc1cc(C(=O)NN)no1)C(F)(F)F. The van der Waals surface area contributed by atoms with E-state index in [0.717, 1.165) is 13.0 Å². The first-order valence-corrected chi connectivity index (χ1v) is 4.49. The fourth-order valence-electron chi connectivity index (χ4n) is 0.864. The van der Waals surface area contributed by atoms with E-state index in [2.05, 4.69) is 14.4 Å². The third kappa shape index (κ3) is 3.71. The molecule has 0 saturated heterocycles. The van der Waals surface area contributed by atoms with Crippen LogP contribution < -0.4 is 11.3 Å². The van der Waals surface area contributed by atoms with E-state index in [4.69, 9.17) is 5.84 Å². The molecule has 0 saturated carbocycles. The van der Waals surface area contributed by atoms with Crippen molar-refractivity contribution in [1.29, 1.82) is 0 Å². The van der Waals surface area contributed by atoms with E-state index >= 15 is 0 Å². The summed E-state index contributed by atoms with van der Waals surface area (Å²) in [6.45, 7) is 0.426. The van der Waals surface area contributed by atoms with Gasteiger partial charge in [-0.15, -0.1) is 0 Å². The fraction of sp³-hybridized carbons (Fsp3) is 0.500. The van der Waals surface area contributed by atoms with Crippen molar-refractivity contribution >= 4 is 5.91 Å². The first kappa shape index (κ1) is 13.5. The molecule has 9 heteroatoms. The van der Waals surface area contributed by atoms with Crippen molar-refractivity contribution in [1.82, 2.24) is 10.6 Å². The highest BCUT2D eigenvalue weighted by molar-refractivity contribution is 5.91. The fourth-order valence-corrected chi connectivity index (χ4v) is 0.864. The molecule has 1 aromatic heterocycles. The molecule has 1 rings (SSSR count). The summed E-state index contributed by atoms with van der Waals surface area (Å²) in [7, 11) is 0. The molecule has 1 unspecified atom stereocenters. The van der Waals surface area contributed by atoms with Gasteiger partial charge >= 0.3 is 6.18 Å². The minimum absolute atomic E-state index is 0.000278. The molecule has 6 nitrogen and oxygen atoms in total. The van der Waals surface area contributed by atoms with Crippen molar-refractivity contribution in [3.8, 4) is 0 Å². The smallest absolute Gasteiger partial charge is 0.361 e. The Labute approximate surface area is 93.9 Å². The standard InChI is InChI=1S/C8H10F3N3O3/c1-4(8(9,10)11)16-3-5-2-6(14-17-5)7(15)13-12/h2,4H,3,12H2,1H3,(H,13,15). The number of carbonyl (C=O) groups is 1. The molecule has 0 aliphatic heterocycles. The maximum absolute atomic E-state index is 12.1. The van der Waals surface area contributed by atoms with Gasteiger partial charge in [-0.25, -0.2) is 5.84 Å². The Bertz CT molecular complexity index is 391. The predicted octanol–water partition coefficient (Wildman–Crippen LogP) is 0.745. The van der Waals surface area contributed by atoms with Crippen molar-refractivity contribution < 1.29 is 27.2 Å². The second kappa shape index (κ2) is 5.15. The molecule has 1 atom stereocenters. The average molecular weight is 253 g/mol. The van der Waals surface area contributed by atoms with E-state index in [0.29, 0.717) is 0 Å². The summed E-state index contributed by atoms with van der Waals surface area (Å²) in [5.74, 6) is 4.13. The van der Waals surface area contributed by atoms with Crippen LogP contribution in [-0.2, 0) is 11.3 Å². The monoisotopic (exact) mass is 253 g/mol. The first-order chi connectivity index (χ1) is 7.84. The van der Waals surface area contributed by atoms with Gasteiger partial charge in [0.2, 0.25) is 0 Å². The van der Waals surface area contributed by atoms with Gasteiger partial charge in [0.15, 0.2) is 17.6 Å². The van der Waals surface area contributed by atoms with Gasteiger partial charge in [0.25, 0.3) is 5.91 Å². The minimum atomic E-state index is -4.45. The van der Waals surface area contributed by atoms with Gasteiger partial charge in [0.1, 0.15) is 6.61 Å². The highest BCUT2D eigenvalue weighted by atomic mass is 19.4. The molecule has 96 valence electrons. The van der Waals surface area contributed by atoms with Gasteiger partial charge in [-0.1, -0.05) is 5.16 Å². The number of nitrogen functional groups attached to an aromatic ring is 1. The van der Waals surface area contributed by atoms with Crippen molar-refractivity contribution in [2.45, 2.75) is 25.8 Å². The van der Waals surface area contributed by atoms with Crippen LogP contribution in [-0.4, -0.2) is 23.3 Å². The summed E-state index contributed by atoms with van der Waals surface area (Å²) in [6.07, 6.45) is -6.38. The van der Waals surface area contributed by atoms with Gasteiger partial charge in [-0.2, -0.15) is 13.2 Å². The van der Waals surface area contributed by atoms with Gasteiger partial charge in [-0.3, -0.25) is 10.2 Å². The lowest BCUT2D eigenvalue weighted by Crippen LogP contribution is -2.30. The summed E-state index contributed by atoms with van der Waals surface area (Å²) in [4.78, 5) is 10.9. The zero-order valence-electron chi connectivity index (χ0n) is 8.75. The molecule has 17 heavy (non-hydrogen) atoms. The Balaban J connectivity index is 2.53. The van der Waals surface area contributed by atoms with Crippen LogP contribution in [0.5, 0.6) is 0 Å². The number of halogens is 3. The number of aromatic nitrogens is 1. The number of nitrogens with zero attached hydrogens (tertiary/aromatic N) is 1. The van der Waals surface area contributed by atoms with Crippen LogP contribution in [0.25, 0.3) is 0 Å². The molecule has 1 amide bonds. The third-order valence-corrected chi connectivity index (χ3v) is 1.86. The topological polar surface area (TPSA) is 90.4 Å². The zero-order chi connectivity index (χ0) is 13.1. The number of amides is 1. The predicted molar refractivity (Wildman–Crippen MR) is 48.5 cm³/mol. The number of nitrogens with one attached hydrogen (secondary N) is 1. The van der Waals surface area contributed by atoms with Crippen LogP contribution in [0.2, 0.25) is 0 Å². The summed E-state index contributed by atoms with van der Waals surface area (Å²) in [5.41, 5.74) is 1.67. The van der Waals surface area contributed by atoms with Crippen LogP contribution in [0.4, 0.5) is 13.2 Å². The normalized spacial score (nSPS) is 13.5. The number of carbonyl (C=O) groups excluding carboxylic acids is 1. The number of ether oxygens (including phenoxy) is 1. The molecule has 0 aliphatic carbocycles. The maximum atomic E-state index is 12.1. The number of alkyl halides is 3. The Morgan fingerprint density at radius 2 is 2.35 bits per heavy atom.